The molecule has 1 aromatic carbocycles. The van der Waals surface area contributed by atoms with Crippen molar-refractivity contribution in [3.63, 3.8) is 0 Å². The highest BCUT2D eigenvalue weighted by molar-refractivity contribution is 5.69. The summed E-state index contributed by atoms with van der Waals surface area (Å²) in [5.41, 5.74) is 6.70. The van der Waals surface area contributed by atoms with E-state index in [-0.39, 0.29) is 21.9 Å². The molecule has 0 spiro atoms. The second-order valence-corrected chi connectivity index (χ2v) is 8.39. The van der Waals surface area contributed by atoms with E-state index in [1.165, 1.54) is 28.0 Å². The average Bonchev–Trinajstić information content (AvgIpc) is 2.77. The van der Waals surface area contributed by atoms with E-state index in [0.29, 0.717) is 0 Å². The van der Waals surface area contributed by atoms with Crippen molar-refractivity contribution in [3.8, 4) is 0 Å². The molecule has 1 fully saturated rings. The largest absolute Gasteiger partial charge is 0.237 e. The zero-order valence-electron chi connectivity index (χ0n) is 15.6. The lowest BCUT2D eigenvalue weighted by Gasteiger charge is -2.81. The third-order valence-electron chi connectivity index (χ3n) is 8.37. The molecule has 0 unspecified atom stereocenters. The molecule has 3 aliphatic rings. The van der Waals surface area contributed by atoms with Crippen LogP contribution in [-0.4, -0.2) is 11.1 Å². The van der Waals surface area contributed by atoms with Gasteiger partial charge >= 0.3 is 0 Å². The predicted octanol–water partition coefficient (Wildman–Crippen LogP) is 5.38. The first-order valence-electron chi connectivity index (χ1n) is 8.56. The summed E-state index contributed by atoms with van der Waals surface area (Å²) in [6.07, 6.45) is 0. The molecule has 122 valence electrons. The Hall–Kier alpha value is -1.64. The van der Waals surface area contributed by atoms with Gasteiger partial charge in [0, 0.05) is 10.8 Å². The summed E-state index contributed by atoms with van der Waals surface area (Å²) in [6, 6.07) is 6.46. The van der Waals surface area contributed by atoms with Crippen molar-refractivity contribution in [2.24, 2.45) is 21.2 Å². The number of para-hydroxylation sites is 1. The van der Waals surface area contributed by atoms with Gasteiger partial charge in [0.25, 0.3) is 0 Å². The van der Waals surface area contributed by atoms with Crippen molar-refractivity contribution in [2.45, 2.75) is 66.5 Å². The Morgan fingerprint density at radius 1 is 0.826 bits per heavy atom. The SMILES string of the molecule is CC1=C(C)[C@]2(C)[C@@]1(C)[C@@]1(C)N=NN(c3c(C)cccc3C)[C@]12C. The summed E-state index contributed by atoms with van der Waals surface area (Å²) in [6.45, 7) is 18.4. The average molecular weight is 309 g/mol. The lowest BCUT2D eigenvalue weighted by Crippen LogP contribution is -2.89. The van der Waals surface area contributed by atoms with Gasteiger partial charge in [-0.15, -0.1) is 0 Å². The maximum atomic E-state index is 4.85. The number of hydrogen-bond acceptors (Lipinski definition) is 3. The van der Waals surface area contributed by atoms with E-state index in [2.05, 4.69) is 78.6 Å². The highest BCUT2D eigenvalue weighted by Gasteiger charge is 2.89. The van der Waals surface area contributed by atoms with E-state index in [9.17, 15) is 0 Å². The van der Waals surface area contributed by atoms with E-state index < -0.39 is 0 Å². The fraction of sp³-hybridized carbons (Fsp3) is 0.600. The molecule has 1 saturated carbocycles. The minimum atomic E-state index is -0.174. The van der Waals surface area contributed by atoms with Crippen LogP contribution in [-0.2, 0) is 0 Å². The topological polar surface area (TPSA) is 28.0 Å². The number of hydrogen-bond donors (Lipinski definition) is 0. The minimum absolute atomic E-state index is 0.105. The fourth-order valence-electron chi connectivity index (χ4n) is 6.30. The second-order valence-electron chi connectivity index (χ2n) is 8.39. The van der Waals surface area contributed by atoms with E-state index >= 15 is 0 Å². The zero-order chi connectivity index (χ0) is 17.0. The first-order valence-corrected chi connectivity index (χ1v) is 8.56. The van der Waals surface area contributed by atoms with Gasteiger partial charge in [0.1, 0.15) is 5.54 Å². The second kappa shape index (κ2) is 3.71. The van der Waals surface area contributed by atoms with Gasteiger partial charge in [0.05, 0.1) is 11.2 Å². The molecule has 0 aromatic heterocycles. The van der Waals surface area contributed by atoms with Crippen molar-refractivity contribution in [1.82, 2.24) is 0 Å². The summed E-state index contributed by atoms with van der Waals surface area (Å²) in [4.78, 5) is 0. The summed E-state index contributed by atoms with van der Waals surface area (Å²) in [7, 11) is 0. The van der Waals surface area contributed by atoms with Gasteiger partial charge in [-0.3, -0.25) is 0 Å². The summed E-state index contributed by atoms with van der Waals surface area (Å²) in [5.74, 6) is 0. The maximum Gasteiger partial charge on any atom is 0.117 e. The molecule has 3 nitrogen and oxygen atoms in total. The van der Waals surface area contributed by atoms with Gasteiger partial charge < -0.3 is 0 Å². The third-order valence-corrected chi connectivity index (χ3v) is 8.37. The lowest BCUT2D eigenvalue weighted by molar-refractivity contribution is -0.180. The molecule has 0 bridgehead atoms. The lowest BCUT2D eigenvalue weighted by atomic mass is 9.23. The quantitative estimate of drug-likeness (QED) is 0.640. The Labute approximate surface area is 139 Å². The smallest absolute Gasteiger partial charge is 0.117 e. The Kier molecular flexibility index (Phi) is 2.41. The first kappa shape index (κ1) is 14.9. The third kappa shape index (κ3) is 1.06. The highest BCUT2D eigenvalue weighted by Crippen LogP contribution is 2.84. The number of fused-ring (bicyclic) bond motifs is 4. The van der Waals surface area contributed by atoms with Crippen molar-refractivity contribution in [1.29, 1.82) is 0 Å². The Bertz CT molecular complexity index is 787. The molecule has 4 rings (SSSR count). The van der Waals surface area contributed by atoms with Crippen LogP contribution in [0.15, 0.2) is 39.7 Å². The Morgan fingerprint density at radius 2 is 1.35 bits per heavy atom. The van der Waals surface area contributed by atoms with Crippen molar-refractivity contribution >= 4 is 5.69 Å². The van der Waals surface area contributed by atoms with Gasteiger partial charge in [-0.05, 0) is 52.7 Å². The van der Waals surface area contributed by atoms with E-state index in [0.717, 1.165) is 0 Å². The van der Waals surface area contributed by atoms with E-state index in [1.807, 2.05) is 0 Å². The van der Waals surface area contributed by atoms with Crippen molar-refractivity contribution < 1.29 is 0 Å². The van der Waals surface area contributed by atoms with Crippen LogP contribution in [0, 0.1) is 24.7 Å². The molecule has 2 aliphatic carbocycles. The number of rotatable bonds is 1. The molecular formula is C20H27N3. The van der Waals surface area contributed by atoms with Crippen LogP contribution in [0.3, 0.4) is 0 Å². The molecule has 0 saturated heterocycles. The van der Waals surface area contributed by atoms with E-state index in [1.54, 1.807) is 0 Å². The van der Waals surface area contributed by atoms with Crippen LogP contribution in [0.1, 0.15) is 52.7 Å². The molecule has 0 radical (unpaired) electrons. The van der Waals surface area contributed by atoms with Crippen LogP contribution in [0.4, 0.5) is 5.69 Å². The molecule has 23 heavy (non-hydrogen) atoms. The molecule has 1 aliphatic heterocycles. The predicted molar refractivity (Wildman–Crippen MR) is 94.6 cm³/mol. The molecule has 4 atom stereocenters. The van der Waals surface area contributed by atoms with Crippen LogP contribution < -0.4 is 5.01 Å². The highest BCUT2D eigenvalue weighted by atomic mass is 15.7. The van der Waals surface area contributed by atoms with Crippen LogP contribution in [0.5, 0.6) is 0 Å². The number of aryl methyl sites for hydroxylation is 2. The Morgan fingerprint density at radius 3 is 1.91 bits per heavy atom. The molecule has 3 heteroatoms. The fourth-order valence-corrected chi connectivity index (χ4v) is 6.30. The standard InChI is InChI=1S/C20H27N3/c1-12-10-9-11-13(2)16(12)23-20(8)18(6)15(4)14(3)17(18,5)19(20,7)21-22-23/h9-11H,1-8H3/t17-,18+,19+,20-/m0/s1. The van der Waals surface area contributed by atoms with Crippen LogP contribution >= 0.6 is 0 Å². The summed E-state index contributed by atoms with van der Waals surface area (Å²) in [5, 5.41) is 11.8. The van der Waals surface area contributed by atoms with Crippen molar-refractivity contribution in [2.75, 3.05) is 5.01 Å². The molecular weight excluding hydrogens is 282 g/mol. The molecule has 0 amide bonds. The normalized spacial score (nSPS) is 43.9. The molecule has 1 heterocycles. The van der Waals surface area contributed by atoms with Gasteiger partial charge in [-0.2, -0.15) is 5.11 Å². The Balaban J connectivity index is 1.96. The van der Waals surface area contributed by atoms with Gasteiger partial charge in [0.15, 0.2) is 0 Å². The number of benzene rings is 1. The van der Waals surface area contributed by atoms with Crippen LogP contribution in [0.2, 0.25) is 0 Å². The van der Waals surface area contributed by atoms with Gasteiger partial charge in [-0.1, -0.05) is 48.4 Å². The summed E-state index contributed by atoms with van der Waals surface area (Å²) >= 11 is 0. The summed E-state index contributed by atoms with van der Waals surface area (Å²) < 4.78 is 0. The zero-order valence-corrected chi connectivity index (χ0v) is 15.6. The number of anilines is 1. The maximum absolute atomic E-state index is 4.85. The van der Waals surface area contributed by atoms with E-state index in [4.69, 9.17) is 10.3 Å². The molecule has 0 N–H and O–H groups in total. The van der Waals surface area contributed by atoms with Crippen LogP contribution in [0.25, 0.3) is 0 Å². The first-order chi connectivity index (χ1) is 10.6. The van der Waals surface area contributed by atoms with Gasteiger partial charge in [0.2, 0.25) is 0 Å². The molecule has 1 aromatic rings. The minimum Gasteiger partial charge on any atom is -0.237 e. The van der Waals surface area contributed by atoms with Gasteiger partial charge in [-0.25, -0.2) is 5.01 Å². The van der Waals surface area contributed by atoms with Crippen molar-refractivity contribution in [3.05, 3.63) is 40.5 Å². The monoisotopic (exact) mass is 309 g/mol. The number of nitrogens with zero attached hydrogens (tertiary/aromatic N) is 3.